The maximum absolute atomic E-state index is 12.6. The van der Waals surface area contributed by atoms with Crippen molar-refractivity contribution in [3.05, 3.63) is 66.5 Å². The Kier molecular flexibility index (Phi) is 6.38. The first-order valence-corrected chi connectivity index (χ1v) is 9.68. The molecule has 1 heterocycles. The molecule has 0 aliphatic rings. The minimum Gasteiger partial charge on any atom is -0.493 e. The summed E-state index contributed by atoms with van der Waals surface area (Å²) in [6, 6.07) is 17.1. The van der Waals surface area contributed by atoms with Crippen LogP contribution in [0.25, 0.3) is 5.69 Å². The number of hydrogen-bond donors (Lipinski definition) is 1. The van der Waals surface area contributed by atoms with E-state index in [4.69, 9.17) is 9.47 Å². The highest BCUT2D eigenvalue weighted by molar-refractivity contribution is 7.98. The van der Waals surface area contributed by atoms with Crippen LogP contribution in [-0.2, 0) is 0 Å². The lowest BCUT2D eigenvalue weighted by atomic mass is 10.3. The van der Waals surface area contributed by atoms with E-state index in [1.165, 1.54) is 11.8 Å². The summed E-state index contributed by atoms with van der Waals surface area (Å²) in [6.45, 7) is 0.701. The normalized spacial score (nSPS) is 10.4. The smallest absolute Gasteiger partial charge is 0.270 e. The summed E-state index contributed by atoms with van der Waals surface area (Å²) < 4.78 is 12.8. The summed E-state index contributed by atoms with van der Waals surface area (Å²) in [6.07, 6.45) is 3.53. The largest absolute Gasteiger partial charge is 0.493 e. The highest BCUT2D eigenvalue weighted by atomic mass is 32.2. The van der Waals surface area contributed by atoms with E-state index in [2.05, 4.69) is 10.3 Å². The standard InChI is InChI=1S/C20H21N3O3S/c1-25-17-10-6-7-11-18(17)26-13-12-21-19(24)16-14-22-20(27-2)23(16)15-8-4-3-5-9-15/h3-11,14H,12-13H2,1-2H3,(H,21,24). The van der Waals surface area contributed by atoms with Crippen LogP contribution < -0.4 is 14.8 Å². The van der Waals surface area contributed by atoms with Gasteiger partial charge in [0.15, 0.2) is 16.7 Å². The van der Waals surface area contributed by atoms with Gasteiger partial charge in [-0.3, -0.25) is 9.36 Å². The van der Waals surface area contributed by atoms with E-state index in [0.29, 0.717) is 30.3 Å². The monoisotopic (exact) mass is 383 g/mol. The number of ether oxygens (including phenoxy) is 2. The average molecular weight is 383 g/mol. The third kappa shape index (κ3) is 4.43. The number of para-hydroxylation sites is 3. The second kappa shape index (κ2) is 9.14. The Morgan fingerprint density at radius 1 is 1.11 bits per heavy atom. The van der Waals surface area contributed by atoms with Gasteiger partial charge in [-0.05, 0) is 30.5 Å². The summed E-state index contributed by atoms with van der Waals surface area (Å²) in [5, 5.41) is 3.64. The van der Waals surface area contributed by atoms with Gasteiger partial charge < -0.3 is 14.8 Å². The molecule has 3 rings (SSSR count). The molecule has 0 unspecified atom stereocenters. The van der Waals surface area contributed by atoms with Gasteiger partial charge in [0.1, 0.15) is 12.3 Å². The SMILES string of the molecule is COc1ccccc1OCCNC(=O)c1cnc(SC)n1-c1ccccc1. The quantitative estimate of drug-likeness (QED) is 0.477. The van der Waals surface area contributed by atoms with Crippen LogP contribution in [0.2, 0.25) is 0 Å². The van der Waals surface area contributed by atoms with Crippen molar-refractivity contribution in [2.24, 2.45) is 0 Å². The molecule has 0 spiro atoms. The lowest BCUT2D eigenvalue weighted by Crippen LogP contribution is -2.29. The molecule has 140 valence electrons. The Hall–Kier alpha value is -2.93. The first-order chi connectivity index (χ1) is 13.2. The molecule has 0 saturated carbocycles. The molecular formula is C20H21N3O3S. The second-order valence-corrected chi connectivity index (χ2v) is 6.33. The van der Waals surface area contributed by atoms with Crippen LogP contribution in [0.5, 0.6) is 11.5 Å². The van der Waals surface area contributed by atoms with E-state index in [-0.39, 0.29) is 5.91 Å². The number of carbonyl (C=O) groups is 1. The number of benzene rings is 2. The van der Waals surface area contributed by atoms with E-state index in [1.807, 2.05) is 65.4 Å². The van der Waals surface area contributed by atoms with Crippen molar-refractivity contribution >= 4 is 17.7 Å². The molecular weight excluding hydrogens is 362 g/mol. The molecule has 0 saturated heterocycles. The number of nitrogens with zero attached hydrogens (tertiary/aromatic N) is 2. The number of imidazole rings is 1. The van der Waals surface area contributed by atoms with Crippen molar-refractivity contribution in [3.8, 4) is 17.2 Å². The number of aromatic nitrogens is 2. The maximum Gasteiger partial charge on any atom is 0.270 e. The molecule has 0 fully saturated rings. The van der Waals surface area contributed by atoms with Crippen molar-refractivity contribution in [3.63, 3.8) is 0 Å². The predicted molar refractivity (Wildman–Crippen MR) is 106 cm³/mol. The van der Waals surface area contributed by atoms with Crippen LogP contribution in [0.1, 0.15) is 10.5 Å². The number of hydrogen-bond acceptors (Lipinski definition) is 5. The van der Waals surface area contributed by atoms with Gasteiger partial charge in [0, 0.05) is 5.69 Å². The van der Waals surface area contributed by atoms with Crippen molar-refractivity contribution < 1.29 is 14.3 Å². The third-order valence-corrected chi connectivity index (χ3v) is 4.53. The minimum atomic E-state index is -0.199. The van der Waals surface area contributed by atoms with Gasteiger partial charge in [0.25, 0.3) is 5.91 Å². The molecule has 1 aromatic heterocycles. The zero-order valence-electron chi connectivity index (χ0n) is 15.2. The van der Waals surface area contributed by atoms with Gasteiger partial charge >= 0.3 is 0 Å². The fraction of sp³-hybridized carbons (Fsp3) is 0.200. The Morgan fingerprint density at radius 3 is 2.52 bits per heavy atom. The highest BCUT2D eigenvalue weighted by Crippen LogP contribution is 2.25. The topological polar surface area (TPSA) is 65.4 Å². The first kappa shape index (κ1) is 18.8. The Bertz CT molecular complexity index is 896. The molecule has 2 aromatic carbocycles. The molecule has 0 radical (unpaired) electrons. The van der Waals surface area contributed by atoms with E-state index >= 15 is 0 Å². The van der Waals surface area contributed by atoms with Gasteiger partial charge in [0.2, 0.25) is 0 Å². The molecule has 1 amide bonds. The summed E-state index contributed by atoms with van der Waals surface area (Å²) in [5.41, 5.74) is 1.39. The molecule has 7 heteroatoms. The summed E-state index contributed by atoms with van der Waals surface area (Å²) in [4.78, 5) is 17.0. The molecule has 6 nitrogen and oxygen atoms in total. The van der Waals surface area contributed by atoms with Crippen LogP contribution in [0.4, 0.5) is 0 Å². The van der Waals surface area contributed by atoms with Crippen molar-refractivity contribution in [1.82, 2.24) is 14.9 Å². The molecule has 0 aliphatic heterocycles. The Balaban J connectivity index is 1.64. The fourth-order valence-corrected chi connectivity index (χ4v) is 3.16. The number of amides is 1. The van der Waals surface area contributed by atoms with E-state index < -0.39 is 0 Å². The number of carbonyl (C=O) groups excluding carboxylic acids is 1. The summed E-state index contributed by atoms with van der Waals surface area (Å²) in [7, 11) is 1.60. The third-order valence-electron chi connectivity index (χ3n) is 3.87. The predicted octanol–water partition coefficient (Wildman–Crippen LogP) is 3.41. The van der Waals surface area contributed by atoms with Gasteiger partial charge in [-0.1, -0.05) is 42.1 Å². The summed E-state index contributed by atoms with van der Waals surface area (Å²) in [5.74, 6) is 1.11. The van der Waals surface area contributed by atoms with Crippen LogP contribution in [-0.4, -0.2) is 42.0 Å². The number of methoxy groups -OCH3 is 1. The van der Waals surface area contributed by atoms with Gasteiger partial charge in [-0.2, -0.15) is 0 Å². The Morgan fingerprint density at radius 2 is 1.81 bits per heavy atom. The fourth-order valence-electron chi connectivity index (χ4n) is 2.62. The minimum absolute atomic E-state index is 0.199. The molecule has 3 aromatic rings. The number of rotatable bonds is 8. The van der Waals surface area contributed by atoms with Gasteiger partial charge in [-0.15, -0.1) is 0 Å². The van der Waals surface area contributed by atoms with E-state index in [0.717, 1.165) is 10.8 Å². The first-order valence-electron chi connectivity index (χ1n) is 8.45. The van der Waals surface area contributed by atoms with Crippen LogP contribution in [0.15, 0.2) is 66.0 Å². The maximum atomic E-state index is 12.6. The van der Waals surface area contributed by atoms with E-state index in [9.17, 15) is 4.79 Å². The zero-order valence-corrected chi connectivity index (χ0v) is 16.0. The number of nitrogens with one attached hydrogen (secondary N) is 1. The Labute approximate surface area is 162 Å². The number of thioether (sulfide) groups is 1. The molecule has 1 N–H and O–H groups in total. The molecule has 0 aliphatic carbocycles. The van der Waals surface area contributed by atoms with Crippen molar-refractivity contribution in [2.75, 3.05) is 26.5 Å². The molecule has 0 atom stereocenters. The lowest BCUT2D eigenvalue weighted by molar-refractivity contribution is 0.0939. The van der Waals surface area contributed by atoms with E-state index in [1.54, 1.807) is 13.3 Å². The van der Waals surface area contributed by atoms with Gasteiger partial charge in [0.05, 0.1) is 19.9 Å². The van der Waals surface area contributed by atoms with Crippen molar-refractivity contribution in [1.29, 1.82) is 0 Å². The summed E-state index contributed by atoms with van der Waals surface area (Å²) >= 11 is 1.49. The average Bonchev–Trinajstić information content (AvgIpc) is 3.16. The van der Waals surface area contributed by atoms with Crippen LogP contribution in [0.3, 0.4) is 0 Å². The van der Waals surface area contributed by atoms with Crippen molar-refractivity contribution in [2.45, 2.75) is 5.16 Å². The molecule has 27 heavy (non-hydrogen) atoms. The second-order valence-electron chi connectivity index (χ2n) is 5.56. The zero-order chi connectivity index (χ0) is 19.1. The highest BCUT2D eigenvalue weighted by Gasteiger charge is 2.17. The van der Waals surface area contributed by atoms with Gasteiger partial charge in [-0.25, -0.2) is 4.98 Å². The van der Waals surface area contributed by atoms with Crippen LogP contribution >= 0.6 is 11.8 Å². The molecule has 0 bridgehead atoms. The lowest BCUT2D eigenvalue weighted by Gasteiger charge is -2.12. The van der Waals surface area contributed by atoms with Crippen LogP contribution in [0, 0.1) is 0 Å².